The molecule has 3 aromatic rings. The first kappa shape index (κ1) is 19.3. The maximum absolute atomic E-state index is 12.1. The number of hydrazone groups is 1. The van der Waals surface area contributed by atoms with Gasteiger partial charge in [-0.3, -0.25) is 4.79 Å². The fourth-order valence-electron chi connectivity index (χ4n) is 2.59. The molecule has 0 aliphatic heterocycles. The monoisotopic (exact) mass is 381 g/mol. The lowest BCUT2D eigenvalue weighted by molar-refractivity contribution is -0.121. The summed E-state index contributed by atoms with van der Waals surface area (Å²) in [5, 5.41) is 12.0. The standard InChI is InChI=1S/C20H23N5O3/c1-3-11-28-18-10-9-15(12-19(18)27-4-2)13-21-23-20(26)14-25-17-8-6-5-7-16(17)22-24-25/h5-10,12-13H,3-4,11,14H2,1-2H3,(H,23,26)/b21-13-. The van der Waals surface area contributed by atoms with Gasteiger partial charge in [-0.2, -0.15) is 5.10 Å². The van der Waals surface area contributed by atoms with Crippen LogP contribution in [0.4, 0.5) is 0 Å². The summed E-state index contributed by atoms with van der Waals surface area (Å²) >= 11 is 0. The van der Waals surface area contributed by atoms with Gasteiger partial charge in [0.25, 0.3) is 5.91 Å². The second-order valence-electron chi connectivity index (χ2n) is 6.02. The first-order valence-corrected chi connectivity index (χ1v) is 9.21. The SMILES string of the molecule is CCCOc1ccc(/C=N\NC(=O)Cn2nnc3ccccc32)cc1OCC. The average Bonchev–Trinajstić information content (AvgIpc) is 3.10. The maximum atomic E-state index is 12.1. The van der Waals surface area contributed by atoms with Crippen LogP contribution in [0.2, 0.25) is 0 Å². The molecule has 8 heteroatoms. The molecule has 28 heavy (non-hydrogen) atoms. The third-order valence-electron chi connectivity index (χ3n) is 3.85. The fourth-order valence-corrected chi connectivity index (χ4v) is 2.59. The number of amides is 1. The van der Waals surface area contributed by atoms with Gasteiger partial charge in [-0.25, -0.2) is 10.1 Å². The van der Waals surface area contributed by atoms with E-state index in [1.807, 2.05) is 56.3 Å². The Morgan fingerprint density at radius 1 is 1.18 bits per heavy atom. The van der Waals surface area contributed by atoms with Gasteiger partial charge < -0.3 is 9.47 Å². The molecule has 1 N–H and O–H groups in total. The fraction of sp³-hybridized carbons (Fsp3) is 0.300. The average molecular weight is 381 g/mol. The highest BCUT2D eigenvalue weighted by Gasteiger charge is 2.08. The Labute approximate surface area is 163 Å². The molecule has 1 heterocycles. The van der Waals surface area contributed by atoms with E-state index in [2.05, 4.69) is 20.8 Å². The molecule has 0 spiro atoms. The smallest absolute Gasteiger partial charge is 0.261 e. The molecule has 1 amide bonds. The number of para-hydroxylation sites is 1. The molecular weight excluding hydrogens is 358 g/mol. The number of ether oxygens (including phenoxy) is 2. The predicted molar refractivity (Wildman–Crippen MR) is 107 cm³/mol. The Hall–Kier alpha value is -3.42. The van der Waals surface area contributed by atoms with Crippen molar-refractivity contribution < 1.29 is 14.3 Å². The number of carbonyl (C=O) groups is 1. The van der Waals surface area contributed by atoms with Crippen LogP contribution in [-0.4, -0.2) is 40.3 Å². The van der Waals surface area contributed by atoms with E-state index in [4.69, 9.17) is 9.47 Å². The summed E-state index contributed by atoms with van der Waals surface area (Å²) in [6.45, 7) is 5.16. The van der Waals surface area contributed by atoms with Crippen LogP contribution in [0.5, 0.6) is 11.5 Å². The molecule has 0 radical (unpaired) electrons. The van der Waals surface area contributed by atoms with E-state index in [9.17, 15) is 4.79 Å². The molecule has 8 nitrogen and oxygen atoms in total. The van der Waals surface area contributed by atoms with Gasteiger partial charge in [0.15, 0.2) is 11.5 Å². The molecule has 0 fully saturated rings. The summed E-state index contributed by atoms with van der Waals surface area (Å²) in [4.78, 5) is 12.1. The molecule has 0 aliphatic carbocycles. The maximum Gasteiger partial charge on any atom is 0.261 e. The molecule has 2 aromatic carbocycles. The zero-order chi connectivity index (χ0) is 19.8. The molecule has 0 bridgehead atoms. The van der Waals surface area contributed by atoms with Gasteiger partial charge in [-0.1, -0.05) is 24.3 Å². The second-order valence-corrected chi connectivity index (χ2v) is 6.02. The highest BCUT2D eigenvalue weighted by Crippen LogP contribution is 2.28. The van der Waals surface area contributed by atoms with Crippen molar-refractivity contribution >= 4 is 23.2 Å². The zero-order valence-electron chi connectivity index (χ0n) is 16.0. The minimum Gasteiger partial charge on any atom is -0.490 e. The topological polar surface area (TPSA) is 90.6 Å². The molecule has 146 valence electrons. The van der Waals surface area contributed by atoms with E-state index in [0.717, 1.165) is 23.0 Å². The van der Waals surface area contributed by atoms with Crippen molar-refractivity contribution in [3.8, 4) is 11.5 Å². The number of carbonyl (C=O) groups excluding carboxylic acids is 1. The highest BCUT2D eigenvalue weighted by molar-refractivity contribution is 5.84. The van der Waals surface area contributed by atoms with Crippen LogP contribution in [0, 0.1) is 0 Å². The Kier molecular flexibility index (Phi) is 6.56. The van der Waals surface area contributed by atoms with Crippen molar-refractivity contribution in [2.24, 2.45) is 5.10 Å². The highest BCUT2D eigenvalue weighted by atomic mass is 16.5. The summed E-state index contributed by atoms with van der Waals surface area (Å²) in [5.41, 5.74) is 4.83. The first-order chi connectivity index (χ1) is 13.7. The van der Waals surface area contributed by atoms with Crippen LogP contribution in [0.1, 0.15) is 25.8 Å². The largest absolute Gasteiger partial charge is 0.490 e. The summed E-state index contributed by atoms with van der Waals surface area (Å²) < 4.78 is 12.8. The molecule has 0 unspecified atom stereocenters. The van der Waals surface area contributed by atoms with E-state index in [1.165, 1.54) is 4.68 Å². The molecule has 1 aromatic heterocycles. The molecule has 0 saturated heterocycles. The Morgan fingerprint density at radius 2 is 2.04 bits per heavy atom. The lowest BCUT2D eigenvalue weighted by Crippen LogP contribution is -2.23. The molecule has 0 saturated carbocycles. The summed E-state index contributed by atoms with van der Waals surface area (Å²) in [6, 6.07) is 13.0. The van der Waals surface area contributed by atoms with Gasteiger partial charge in [0, 0.05) is 0 Å². The van der Waals surface area contributed by atoms with Crippen LogP contribution in [0.15, 0.2) is 47.6 Å². The van der Waals surface area contributed by atoms with Crippen molar-refractivity contribution in [2.75, 3.05) is 13.2 Å². The number of aromatic nitrogens is 3. The lowest BCUT2D eigenvalue weighted by Gasteiger charge is -2.11. The van der Waals surface area contributed by atoms with Crippen molar-refractivity contribution in [1.82, 2.24) is 20.4 Å². The van der Waals surface area contributed by atoms with Gasteiger partial charge in [0.2, 0.25) is 0 Å². The van der Waals surface area contributed by atoms with Gasteiger partial charge in [-0.15, -0.1) is 5.10 Å². The van der Waals surface area contributed by atoms with Crippen molar-refractivity contribution in [1.29, 1.82) is 0 Å². The number of nitrogens with one attached hydrogen (secondary N) is 1. The van der Waals surface area contributed by atoms with Crippen LogP contribution in [-0.2, 0) is 11.3 Å². The van der Waals surface area contributed by atoms with Gasteiger partial charge in [-0.05, 0) is 49.2 Å². The van der Waals surface area contributed by atoms with Crippen LogP contribution in [0.3, 0.4) is 0 Å². The number of fused-ring (bicyclic) bond motifs is 1. The number of nitrogens with zero attached hydrogens (tertiary/aromatic N) is 4. The second kappa shape index (κ2) is 9.50. The van der Waals surface area contributed by atoms with E-state index >= 15 is 0 Å². The number of hydrogen-bond donors (Lipinski definition) is 1. The lowest BCUT2D eigenvalue weighted by atomic mass is 10.2. The summed E-state index contributed by atoms with van der Waals surface area (Å²) in [6.07, 6.45) is 2.48. The third kappa shape index (κ3) is 4.85. The summed E-state index contributed by atoms with van der Waals surface area (Å²) in [5.74, 6) is 1.06. The minimum absolute atomic E-state index is 0.0336. The van der Waals surface area contributed by atoms with Crippen LogP contribution < -0.4 is 14.9 Å². The zero-order valence-corrected chi connectivity index (χ0v) is 16.0. The molecule has 3 rings (SSSR count). The molecule has 0 atom stereocenters. The predicted octanol–water partition coefficient (Wildman–Crippen LogP) is 2.77. The van der Waals surface area contributed by atoms with E-state index in [0.29, 0.717) is 24.7 Å². The van der Waals surface area contributed by atoms with Crippen molar-refractivity contribution in [2.45, 2.75) is 26.8 Å². The van der Waals surface area contributed by atoms with Crippen molar-refractivity contribution in [3.63, 3.8) is 0 Å². The van der Waals surface area contributed by atoms with Crippen LogP contribution in [0.25, 0.3) is 11.0 Å². The van der Waals surface area contributed by atoms with Crippen LogP contribution >= 0.6 is 0 Å². The van der Waals surface area contributed by atoms with E-state index in [-0.39, 0.29) is 12.5 Å². The number of rotatable bonds is 9. The quantitative estimate of drug-likeness (QED) is 0.455. The van der Waals surface area contributed by atoms with Gasteiger partial charge in [0.05, 0.1) is 24.9 Å². The number of hydrogen-bond acceptors (Lipinski definition) is 6. The third-order valence-corrected chi connectivity index (χ3v) is 3.85. The molecular formula is C20H23N5O3. The normalized spacial score (nSPS) is 11.1. The first-order valence-electron chi connectivity index (χ1n) is 9.21. The van der Waals surface area contributed by atoms with Gasteiger partial charge >= 0.3 is 0 Å². The molecule has 0 aliphatic rings. The van der Waals surface area contributed by atoms with E-state index in [1.54, 1.807) is 6.21 Å². The number of benzene rings is 2. The van der Waals surface area contributed by atoms with Crippen molar-refractivity contribution in [3.05, 3.63) is 48.0 Å². The Balaban J connectivity index is 1.61. The minimum atomic E-state index is -0.292. The van der Waals surface area contributed by atoms with E-state index < -0.39 is 0 Å². The Bertz CT molecular complexity index is 967. The van der Waals surface area contributed by atoms with Gasteiger partial charge in [0.1, 0.15) is 12.1 Å². The summed E-state index contributed by atoms with van der Waals surface area (Å²) in [7, 11) is 0. The Morgan fingerprint density at radius 3 is 2.86 bits per heavy atom.